The van der Waals surface area contributed by atoms with E-state index in [0.29, 0.717) is 149 Å². The van der Waals surface area contributed by atoms with Gasteiger partial charge in [-0.15, -0.1) is 0 Å². The van der Waals surface area contributed by atoms with Crippen molar-refractivity contribution in [3.8, 4) is 0 Å². The van der Waals surface area contributed by atoms with E-state index in [0.717, 1.165) is 22.8 Å². The fourth-order valence-corrected chi connectivity index (χ4v) is 9.62. The quantitative estimate of drug-likeness (QED) is 0.0325. The molecule has 0 bridgehead atoms. The van der Waals surface area contributed by atoms with Crippen molar-refractivity contribution in [1.29, 1.82) is 0 Å². The van der Waals surface area contributed by atoms with Gasteiger partial charge in [-0.1, -0.05) is 30.4 Å². The van der Waals surface area contributed by atoms with Gasteiger partial charge < -0.3 is 52.5 Å². The summed E-state index contributed by atoms with van der Waals surface area (Å²) in [6.07, 6.45) is 16.3. The van der Waals surface area contributed by atoms with Crippen molar-refractivity contribution in [3.63, 3.8) is 0 Å². The molecule has 71 heavy (non-hydrogen) atoms. The van der Waals surface area contributed by atoms with E-state index in [4.69, 9.17) is 37.9 Å². The highest BCUT2D eigenvalue weighted by Crippen LogP contribution is 2.50. The van der Waals surface area contributed by atoms with E-state index in [1.807, 2.05) is 63.3 Å². The summed E-state index contributed by atoms with van der Waals surface area (Å²) in [6.45, 7) is 12.9. The number of carbonyl (C=O) groups is 1. The zero-order valence-corrected chi connectivity index (χ0v) is 43.5. The molecule has 2 heterocycles. The van der Waals surface area contributed by atoms with Gasteiger partial charge in [0.1, 0.15) is 16.7 Å². The van der Waals surface area contributed by atoms with Crippen molar-refractivity contribution in [2.45, 2.75) is 79.9 Å². The predicted molar refractivity (Wildman–Crippen MR) is 268 cm³/mol. The minimum absolute atomic E-state index is 0.0621. The Morgan fingerprint density at radius 2 is 1.17 bits per heavy atom. The lowest BCUT2D eigenvalue weighted by molar-refractivity contribution is -0.438. The van der Waals surface area contributed by atoms with Crippen LogP contribution in [0.25, 0.3) is 0 Å². The molecule has 0 aliphatic carbocycles. The molecule has 2 aromatic rings. The smallest absolute Gasteiger partial charge is 0.303 e. The second-order valence-corrected chi connectivity index (χ2v) is 20.1. The van der Waals surface area contributed by atoms with Crippen molar-refractivity contribution in [3.05, 3.63) is 95.8 Å². The second-order valence-electron chi connectivity index (χ2n) is 17.3. The highest BCUT2D eigenvalue weighted by atomic mass is 32.2. The number of methoxy groups -OCH3 is 2. The Labute approximate surface area is 420 Å². The van der Waals surface area contributed by atoms with Gasteiger partial charge in [-0.25, -0.2) is 8.42 Å². The third-order valence-electron chi connectivity index (χ3n) is 12.4. The SMILES string of the molecule is CCN1/C(=C/C=C/C=C/C=C/C2=[N+](CCCCCC(=O)O)c3ccc(S(=O)(=O)O)cc3C2(C)CCOCCOCCOCCOC)C(C)(CCOCCOCCOCCOC)c2cc(S(=O)(=O)[O-])ccc21. The number of fused-ring (bicyclic) bond motifs is 2. The molecule has 0 spiro atoms. The zero-order chi connectivity index (χ0) is 51.8. The molecular formula is C51H74N2O16S2. The predicted octanol–water partition coefficient (Wildman–Crippen LogP) is 6.36. The fraction of sp³-hybridized carbons (Fsp3) is 0.569. The average molecular weight is 1040 g/mol. The van der Waals surface area contributed by atoms with Crippen molar-refractivity contribution in [2.75, 3.05) is 125 Å². The molecule has 396 valence electrons. The van der Waals surface area contributed by atoms with Gasteiger partial charge in [0, 0.05) is 81.3 Å². The van der Waals surface area contributed by atoms with Crippen LogP contribution in [-0.4, -0.2) is 167 Å². The number of hydrogen-bond acceptors (Lipinski definition) is 15. The monoisotopic (exact) mass is 1030 g/mol. The number of anilines is 1. The Bertz CT molecular complexity index is 2380. The number of allylic oxidation sites excluding steroid dienone is 8. The number of hydrogen-bond donors (Lipinski definition) is 2. The van der Waals surface area contributed by atoms with Crippen molar-refractivity contribution in [2.24, 2.45) is 0 Å². The summed E-state index contributed by atoms with van der Waals surface area (Å²) in [4.78, 5) is 12.8. The minimum Gasteiger partial charge on any atom is -0.744 e. The summed E-state index contributed by atoms with van der Waals surface area (Å²) in [5, 5.41) is 9.21. The van der Waals surface area contributed by atoms with Gasteiger partial charge in [0.2, 0.25) is 5.69 Å². The molecule has 0 amide bonds. The van der Waals surface area contributed by atoms with E-state index in [1.165, 1.54) is 24.3 Å². The topological polar surface area (TPSA) is 229 Å². The number of benzene rings is 2. The van der Waals surface area contributed by atoms with Gasteiger partial charge in [0.15, 0.2) is 5.71 Å². The Morgan fingerprint density at radius 1 is 0.662 bits per heavy atom. The molecule has 2 aliphatic rings. The first kappa shape index (κ1) is 59.4. The van der Waals surface area contributed by atoms with Crippen LogP contribution < -0.4 is 4.90 Å². The van der Waals surface area contributed by atoms with E-state index in [2.05, 4.69) is 9.48 Å². The largest absolute Gasteiger partial charge is 0.744 e. The Balaban J connectivity index is 1.56. The summed E-state index contributed by atoms with van der Waals surface area (Å²) in [7, 11) is -6.01. The molecule has 2 atom stereocenters. The molecule has 2 aromatic carbocycles. The first-order valence-electron chi connectivity index (χ1n) is 24.1. The first-order valence-corrected chi connectivity index (χ1v) is 26.9. The maximum absolute atomic E-state index is 12.4. The molecule has 4 rings (SSSR count). The van der Waals surface area contributed by atoms with E-state index in [1.54, 1.807) is 26.4 Å². The summed E-state index contributed by atoms with van der Waals surface area (Å²) < 4.78 is 118. The van der Waals surface area contributed by atoms with Crippen LogP contribution in [0, 0.1) is 0 Å². The number of carboxylic acids is 1. The highest BCUT2D eigenvalue weighted by molar-refractivity contribution is 7.86. The van der Waals surface area contributed by atoms with E-state index in [-0.39, 0.29) is 16.2 Å². The summed E-state index contributed by atoms with van der Waals surface area (Å²) in [5.41, 5.74) is 3.33. The van der Waals surface area contributed by atoms with Crippen LogP contribution in [0.4, 0.5) is 11.4 Å². The average Bonchev–Trinajstić information content (AvgIpc) is 3.70. The summed E-state index contributed by atoms with van der Waals surface area (Å²) in [5.74, 6) is -0.855. The molecule has 2 N–H and O–H groups in total. The molecule has 20 heteroatoms. The lowest BCUT2D eigenvalue weighted by Crippen LogP contribution is -2.33. The Hall–Kier alpha value is -4.16. The van der Waals surface area contributed by atoms with Gasteiger partial charge in [-0.3, -0.25) is 9.35 Å². The van der Waals surface area contributed by atoms with E-state index >= 15 is 0 Å². The van der Waals surface area contributed by atoms with Crippen LogP contribution in [0.15, 0.2) is 94.4 Å². The van der Waals surface area contributed by atoms with Crippen LogP contribution in [0.5, 0.6) is 0 Å². The summed E-state index contributed by atoms with van der Waals surface area (Å²) in [6, 6.07) is 9.10. The van der Waals surface area contributed by atoms with Crippen LogP contribution in [-0.2, 0) is 73.8 Å². The van der Waals surface area contributed by atoms with Gasteiger partial charge in [0.25, 0.3) is 10.1 Å². The Kier molecular flexibility index (Phi) is 25.2. The molecule has 18 nitrogen and oxygen atoms in total. The first-order chi connectivity index (χ1) is 34.0. The maximum atomic E-state index is 12.4. The number of carboxylic acid groups (broad SMARTS) is 1. The number of ether oxygens (including phenoxy) is 8. The molecule has 0 fully saturated rings. The van der Waals surface area contributed by atoms with Crippen LogP contribution >= 0.6 is 0 Å². The lowest BCUT2D eigenvalue weighted by atomic mass is 9.76. The second kappa shape index (κ2) is 30.1. The maximum Gasteiger partial charge on any atom is 0.303 e. The number of unbranched alkanes of at least 4 members (excludes halogenated alkanes) is 2. The fourth-order valence-electron chi connectivity index (χ4n) is 8.62. The minimum atomic E-state index is -4.71. The van der Waals surface area contributed by atoms with Crippen molar-refractivity contribution < 1.29 is 78.3 Å². The lowest BCUT2D eigenvalue weighted by Gasteiger charge is -2.30. The van der Waals surface area contributed by atoms with Gasteiger partial charge in [-0.2, -0.15) is 13.0 Å². The third kappa shape index (κ3) is 18.1. The van der Waals surface area contributed by atoms with Crippen LogP contribution in [0.1, 0.15) is 70.4 Å². The number of rotatable bonds is 37. The molecule has 0 aromatic heterocycles. The zero-order valence-electron chi connectivity index (χ0n) is 41.9. The molecule has 2 unspecified atom stereocenters. The molecule has 2 aliphatic heterocycles. The summed E-state index contributed by atoms with van der Waals surface area (Å²) >= 11 is 0. The standard InChI is InChI=1S/C51H74N2O16S2/c1-6-52-45-20-18-41(70(56,57)58)39-43(45)50(2,22-25-64-31-33-68-37-35-66-29-27-62-4)47(52)15-11-8-7-9-12-16-48-51(3,23-26-65-32-34-69-38-36-67-30-28-63-5)44-40-42(71(59,60)61)19-21-46(44)53(48)24-14-10-13-17-49(54)55/h7-9,11-12,15-16,18-21,39-40H,6,10,13-14,17,22-38H2,1-5H3,(H2-,54,55,56,57,58,59,60,61). The molecular weight excluding hydrogens is 961 g/mol. The van der Waals surface area contributed by atoms with Gasteiger partial charge in [-0.05, 0) is 88.4 Å². The molecule has 0 radical (unpaired) electrons. The van der Waals surface area contributed by atoms with E-state index in [9.17, 15) is 35.8 Å². The molecule has 0 saturated heterocycles. The van der Waals surface area contributed by atoms with Crippen molar-refractivity contribution in [1.82, 2.24) is 0 Å². The number of aliphatic carboxylic acids is 1. The van der Waals surface area contributed by atoms with Crippen LogP contribution in [0.3, 0.4) is 0 Å². The van der Waals surface area contributed by atoms with Gasteiger partial charge >= 0.3 is 5.97 Å². The number of nitrogens with zero attached hydrogens (tertiary/aromatic N) is 2. The van der Waals surface area contributed by atoms with Gasteiger partial charge in [0.05, 0.1) is 94.5 Å². The molecule has 0 saturated carbocycles. The van der Waals surface area contributed by atoms with E-state index < -0.39 is 37.0 Å². The third-order valence-corrected chi connectivity index (χ3v) is 14.1. The van der Waals surface area contributed by atoms with Crippen LogP contribution in [0.2, 0.25) is 0 Å². The Morgan fingerprint density at radius 3 is 1.70 bits per heavy atom. The van der Waals surface area contributed by atoms with Crippen molar-refractivity contribution >= 4 is 43.3 Å². The highest BCUT2D eigenvalue weighted by Gasteiger charge is 2.48. The number of likely N-dealkylation sites (N-methyl/N-ethyl adjacent to an activating group) is 1. The normalized spacial score (nSPS) is 18.9.